The van der Waals surface area contributed by atoms with Crippen molar-refractivity contribution in [3.63, 3.8) is 0 Å². The summed E-state index contributed by atoms with van der Waals surface area (Å²) in [5.74, 6) is 0.498. The van der Waals surface area contributed by atoms with Gasteiger partial charge in [0.15, 0.2) is 0 Å². The topological polar surface area (TPSA) is 84.2 Å². The first-order valence-electron chi connectivity index (χ1n) is 7.98. The molecule has 0 aromatic rings. The van der Waals surface area contributed by atoms with Gasteiger partial charge in [-0.25, -0.2) is 0 Å². The number of nitrogens with two attached hydrogens (primary N) is 1. The lowest BCUT2D eigenvalue weighted by atomic mass is 9.81. The molecule has 3 fully saturated rings. The Morgan fingerprint density at radius 2 is 1.90 bits per heavy atom. The third-order valence-electron chi connectivity index (χ3n) is 5.27. The summed E-state index contributed by atoms with van der Waals surface area (Å²) < 4.78 is 0. The molecule has 20 heavy (non-hydrogen) atoms. The number of hydrogen-bond donors (Lipinski definition) is 3. The Balaban J connectivity index is 1.61. The standard InChI is InChI=1S/C15H25N3O2/c16-11-5-3-4-10(8-11)9-12-13(19)18-15(14(20)17-12)6-1-2-7-15/h10-12H,1-9,16H2,(H,17,20)(H,18,19). The third kappa shape index (κ3) is 2.55. The fourth-order valence-corrected chi connectivity index (χ4v) is 4.12. The second-order valence-electron chi connectivity index (χ2n) is 6.83. The number of piperazine rings is 1. The van der Waals surface area contributed by atoms with E-state index < -0.39 is 5.54 Å². The van der Waals surface area contributed by atoms with Crippen molar-refractivity contribution < 1.29 is 9.59 Å². The Hall–Kier alpha value is -1.10. The maximum absolute atomic E-state index is 12.3. The van der Waals surface area contributed by atoms with Gasteiger partial charge in [0.2, 0.25) is 11.8 Å². The second kappa shape index (κ2) is 5.35. The molecule has 2 aliphatic carbocycles. The van der Waals surface area contributed by atoms with Gasteiger partial charge in [0.1, 0.15) is 11.6 Å². The molecule has 1 heterocycles. The number of carbonyl (C=O) groups is 2. The predicted molar refractivity (Wildman–Crippen MR) is 75.8 cm³/mol. The van der Waals surface area contributed by atoms with E-state index in [4.69, 9.17) is 5.73 Å². The van der Waals surface area contributed by atoms with Crippen LogP contribution in [-0.2, 0) is 9.59 Å². The van der Waals surface area contributed by atoms with Crippen LogP contribution >= 0.6 is 0 Å². The summed E-state index contributed by atoms with van der Waals surface area (Å²) in [6, 6.07) is -0.0960. The van der Waals surface area contributed by atoms with E-state index in [0.29, 0.717) is 5.92 Å². The monoisotopic (exact) mass is 279 g/mol. The van der Waals surface area contributed by atoms with Crippen molar-refractivity contribution in [3.8, 4) is 0 Å². The minimum atomic E-state index is -0.601. The summed E-state index contributed by atoms with van der Waals surface area (Å²) in [5.41, 5.74) is 5.40. The van der Waals surface area contributed by atoms with Crippen molar-refractivity contribution in [2.45, 2.75) is 75.4 Å². The first kappa shape index (κ1) is 13.9. The van der Waals surface area contributed by atoms with Gasteiger partial charge >= 0.3 is 0 Å². The van der Waals surface area contributed by atoms with E-state index in [1.165, 1.54) is 0 Å². The molecule has 0 aromatic carbocycles. The van der Waals surface area contributed by atoms with E-state index in [1.807, 2.05) is 0 Å². The van der Waals surface area contributed by atoms with Gasteiger partial charge in [-0.3, -0.25) is 9.59 Å². The van der Waals surface area contributed by atoms with Crippen molar-refractivity contribution in [2.24, 2.45) is 11.7 Å². The molecule has 0 radical (unpaired) electrons. The average Bonchev–Trinajstić information content (AvgIpc) is 2.86. The van der Waals surface area contributed by atoms with Crippen LogP contribution in [0.1, 0.15) is 57.8 Å². The first-order valence-corrected chi connectivity index (χ1v) is 7.98. The van der Waals surface area contributed by atoms with Crippen LogP contribution in [0.2, 0.25) is 0 Å². The molecule has 4 N–H and O–H groups in total. The van der Waals surface area contributed by atoms with Crippen molar-refractivity contribution in [1.29, 1.82) is 0 Å². The third-order valence-corrected chi connectivity index (χ3v) is 5.27. The van der Waals surface area contributed by atoms with Crippen molar-refractivity contribution in [1.82, 2.24) is 10.6 Å². The number of rotatable bonds is 2. The molecule has 112 valence electrons. The van der Waals surface area contributed by atoms with Gasteiger partial charge in [-0.15, -0.1) is 0 Å². The fraction of sp³-hybridized carbons (Fsp3) is 0.867. The van der Waals surface area contributed by atoms with Crippen molar-refractivity contribution in [2.75, 3.05) is 0 Å². The molecule has 1 saturated heterocycles. The lowest BCUT2D eigenvalue weighted by Crippen LogP contribution is -2.68. The summed E-state index contributed by atoms with van der Waals surface area (Å²) in [6.45, 7) is 0. The lowest BCUT2D eigenvalue weighted by molar-refractivity contribution is -0.142. The maximum Gasteiger partial charge on any atom is 0.246 e. The van der Waals surface area contributed by atoms with Gasteiger partial charge in [-0.05, 0) is 38.0 Å². The number of nitrogens with one attached hydrogen (secondary N) is 2. The van der Waals surface area contributed by atoms with Crippen LogP contribution in [-0.4, -0.2) is 29.4 Å². The summed E-state index contributed by atoms with van der Waals surface area (Å²) in [4.78, 5) is 24.6. The Labute approximate surface area is 120 Å². The molecule has 3 atom stereocenters. The fourth-order valence-electron chi connectivity index (χ4n) is 4.12. The van der Waals surface area contributed by atoms with Gasteiger partial charge in [-0.2, -0.15) is 0 Å². The Kier molecular flexibility index (Phi) is 3.71. The first-order chi connectivity index (χ1) is 9.59. The molecule has 2 saturated carbocycles. The highest BCUT2D eigenvalue weighted by Gasteiger charge is 2.48. The van der Waals surface area contributed by atoms with E-state index in [0.717, 1.165) is 57.8 Å². The quantitative estimate of drug-likeness (QED) is 0.699. The predicted octanol–water partition coefficient (Wildman–Crippen LogP) is 0.821. The highest BCUT2D eigenvalue weighted by Crippen LogP contribution is 2.33. The molecule has 5 heteroatoms. The molecular formula is C15H25N3O2. The SMILES string of the molecule is NC1CCCC(CC2NC(=O)C3(CCCC3)NC2=O)C1. The number of hydrogen-bond acceptors (Lipinski definition) is 3. The van der Waals surface area contributed by atoms with Crippen LogP contribution in [0.5, 0.6) is 0 Å². The molecule has 0 aromatic heterocycles. The summed E-state index contributed by atoms with van der Waals surface area (Å²) in [5, 5.41) is 5.98. The molecule has 2 amide bonds. The molecule has 3 rings (SSSR count). The van der Waals surface area contributed by atoms with Gasteiger partial charge in [0.25, 0.3) is 0 Å². The molecule has 1 spiro atoms. The normalized spacial score (nSPS) is 36.8. The van der Waals surface area contributed by atoms with Crippen LogP contribution in [0, 0.1) is 5.92 Å². The number of carbonyl (C=O) groups excluding carboxylic acids is 2. The smallest absolute Gasteiger partial charge is 0.246 e. The van der Waals surface area contributed by atoms with Crippen LogP contribution in [0.4, 0.5) is 0 Å². The van der Waals surface area contributed by atoms with Gasteiger partial charge in [0, 0.05) is 6.04 Å². The van der Waals surface area contributed by atoms with Crippen molar-refractivity contribution in [3.05, 3.63) is 0 Å². The lowest BCUT2D eigenvalue weighted by Gasteiger charge is -2.39. The Morgan fingerprint density at radius 3 is 2.60 bits per heavy atom. The van der Waals surface area contributed by atoms with Crippen LogP contribution in [0.25, 0.3) is 0 Å². The molecule has 5 nitrogen and oxygen atoms in total. The van der Waals surface area contributed by atoms with E-state index in [1.54, 1.807) is 0 Å². The zero-order valence-corrected chi connectivity index (χ0v) is 12.0. The molecule has 0 bridgehead atoms. The van der Waals surface area contributed by atoms with E-state index in [9.17, 15) is 9.59 Å². The van der Waals surface area contributed by atoms with Crippen molar-refractivity contribution >= 4 is 11.8 Å². The maximum atomic E-state index is 12.3. The van der Waals surface area contributed by atoms with Gasteiger partial charge in [0.05, 0.1) is 0 Å². The minimum Gasteiger partial charge on any atom is -0.342 e. The average molecular weight is 279 g/mol. The Morgan fingerprint density at radius 1 is 1.15 bits per heavy atom. The zero-order chi connectivity index (χ0) is 14.2. The minimum absolute atomic E-state index is 0.00523. The van der Waals surface area contributed by atoms with Crippen LogP contribution in [0.3, 0.4) is 0 Å². The Bertz CT molecular complexity index is 404. The summed E-state index contributed by atoms with van der Waals surface area (Å²) in [6.07, 6.45) is 8.68. The van der Waals surface area contributed by atoms with E-state index >= 15 is 0 Å². The van der Waals surface area contributed by atoms with Gasteiger partial charge < -0.3 is 16.4 Å². The number of amides is 2. The van der Waals surface area contributed by atoms with E-state index in [-0.39, 0.29) is 23.9 Å². The van der Waals surface area contributed by atoms with Crippen LogP contribution < -0.4 is 16.4 Å². The zero-order valence-electron chi connectivity index (χ0n) is 12.0. The van der Waals surface area contributed by atoms with Crippen LogP contribution in [0.15, 0.2) is 0 Å². The highest BCUT2D eigenvalue weighted by atomic mass is 16.2. The van der Waals surface area contributed by atoms with Gasteiger partial charge in [-0.1, -0.05) is 25.7 Å². The van der Waals surface area contributed by atoms with E-state index in [2.05, 4.69) is 10.6 Å². The molecular weight excluding hydrogens is 254 g/mol. The largest absolute Gasteiger partial charge is 0.342 e. The highest BCUT2D eigenvalue weighted by molar-refractivity contribution is 6.00. The summed E-state index contributed by atoms with van der Waals surface area (Å²) >= 11 is 0. The molecule has 1 aliphatic heterocycles. The summed E-state index contributed by atoms with van der Waals surface area (Å²) in [7, 11) is 0. The second-order valence-corrected chi connectivity index (χ2v) is 6.83. The molecule has 3 aliphatic rings. The molecule has 3 unspecified atom stereocenters.